The van der Waals surface area contributed by atoms with E-state index in [4.69, 9.17) is 0 Å². The van der Waals surface area contributed by atoms with Crippen molar-refractivity contribution in [3.63, 3.8) is 0 Å². The van der Waals surface area contributed by atoms with E-state index < -0.39 is 0 Å². The Hall–Kier alpha value is -2.44. The molecule has 2 unspecified atom stereocenters. The van der Waals surface area contributed by atoms with E-state index in [-0.39, 0.29) is 29.7 Å². The molecule has 7 heteroatoms. The van der Waals surface area contributed by atoms with Gasteiger partial charge < -0.3 is 10.2 Å². The van der Waals surface area contributed by atoms with E-state index in [9.17, 15) is 9.59 Å². The van der Waals surface area contributed by atoms with Crippen LogP contribution in [0.3, 0.4) is 0 Å². The summed E-state index contributed by atoms with van der Waals surface area (Å²) in [5, 5.41) is 11.6. The molecule has 1 N–H and O–H groups in total. The molecule has 0 bridgehead atoms. The Balaban J connectivity index is 1.52. The van der Waals surface area contributed by atoms with Crippen molar-refractivity contribution < 1.29 is 9.59 Å². The van der Waals surface area contributed by atoms with E-state index in [0.29, 0.717) is 6.54 Å². The van der Waals surface area contributed by atoms with Crippen LogP contribution in [0.15, 0.2) is 24.4 Å². The van der Waals surface area contributed by atoms with E-state index in [1.165, 1.54) is 6.92 Å². The summed E-state index contributed by atoms with van der Waals surface area (Å²) in [4.78, 5) is 26.9. The molecular weight excluding hydrogens is 342 g/mol. The van der Waals surface area contributed by atoms with Crippen LogP contribution in [0.4, 0.5) is 0 Å². The van der Waals surface area contributed by atoms with Gasteiger partial charge in [0.05, 0.1) is 0 Å². The number of fused-ring (bicyclic) bond motifs is 1. The maximum Gasteiger partial charge on any atom is 0.245 e. The fourth-order valence-electron chi connectivity index (χ4n) is 4.61. The van der Waals surface area contributed by atoms with Gasteiger partial charge in [0, 0.05) is 32.1 Å². The van der Waals surface area contributed by atoms with Crippen molar-refractivity contribution in [3.8, 4) is 0 Å². The van der Waals surface area contributed by atoms with Crippen molar-refractivity contribution in [2.24, 2.45) is 5.92 Å². The zero-order chi connectivity index (χ0) is 18.8. The van der Waals surface area contributed by atoms with Gasteiger partial charge in [0.2, 0.25) is 11.8 Å². The van der Waals surface area contributed by atoms with Crippen molar-refractivity contribution >= 4 is 17.5 Å². The van der Waals surface area contributed by atoms with Crippen LogP contribution in [-0.2, 0) is 9.59 Å². The number of nitrogens with zero attached hydrogens (tertiary/aromatic N) is 4. The smallest absolute Gasteiger partial charge is 0.245 e. The van der Waals surface area contributed by atoms with Crippen LogP contribution < -0.4 is 5.32 Å². The summed E-state index contributed by atoms with van der Waals surface area (Å²) in [5.41, 5.74) is 0.832. The quantitative estimate of drug-likeness (QED) is 0.895. The number of rotatable bonds is 4. The Bertz CT molecular complexity index is 827. The van der Waals surface area contributed by atoms with Crippen molar-refractivity contribution in [1.82, 2.24) is 24.8 Å². The fraction of sp³-hybridized carbons (Fsp3) is 0.600. The van der Waals surface area contributed by atoms with Crippen molar-refractivity contribution in [2.45, 2.75) is 57.4 Å². The van der Waals surface area contributed by atoms with Gasteiger partial charge in [-0.1, -0.05) is 18.9 Å². The van der Waals surface area contributed by atoms with Gasteiger partial charge in [-0.25, -0.2) is 0 Å². The van der Waals surface area contributed by atoms with Crippen LogP contribution >= 0.6 is 0 Å². The average Bonchev–Trinajstić information content (AvgIpc) is 3.35. The third-order valence-corrected chi connectivity index (χ3v) is 5.93. The van der Waals surface area contributed by atoms with Crippen molar-refractivity contribution in [1.29, 1.82) is 0 Å². The molecule has 4 rings (SSSR count). The maximum atomic E-state index is 13.3. The highest BCUT2D eigenvalue weighted by molar-refractivity contribution is 5.87. The number of likely N-dealkylation sites (tertiary alicyclic amines) is 1. The predicted molar refractivity (Wildman–Crippen MR) is 101 cm³/mol. The van der Waals surface area contributed by atoms with Gasteiger partial charge in [-0.3, -0.25) is 14.0 Å². The Labute approximate surface area is 159 Å². The molecule has 144 valence electrons. The van der Waals surface area contributed by atoms with Gasteiger partial charge in [0.15, 0.2) is 5.65 Å². The molecule has 1 saturated heterocycles. The van der Waals surface area contributed by atoms with E-state index in [1.54, 1.807) is 0 Å². The topological polar surface area (TPSA) is 79.6 Å². The Morgan fingerprint density at radius 1 is 1.15 bits per heavy atom. The van der Waals surface area contributed by atoms with E-state index >= 15 is 0 Å². The van der Waals surface area contributed by atoms with Crippen molar-refractivity contribution in [2.75, 3.05) is 13.1 Å². The lowest BCUT2D eigenvalue weighted by Crippen LogP contribution is -2.53. The summed E-state index contributed by atoms with van der Waals surface area (Å²) in [6, 6.07) is 5.47. The lowest BCUT2D eigenvalue weighted by molar-refractivity contribution is -0.138. The first-order chi connectivity index (χ1) is 13.1. The summed E-state index contributed by atoms with van der Waals surface area (Å²) in [5.74, 6) is 1.28. The minimum atomic E-state index is -0.390. The highest BCUT2D eigenvalue weighted by atomic mass is 16.2. The molecule has 1 saturated carbocycles. The normalized spacial score (nSPS) is 22.1. The Morgan fingerprint density at radius 3 is 2.74 bits per heavy atom. The second-order valence-electron chi connectivity index (χ2n) is 7.83. The molecule has 2 amide bonds. The number of piperidine rings is 1. The molecule has 2 fully saturated rings. The van der Waals surface area contributed by atoms with Gasteiger partial charge in [0.1, 0.15) is 11.9 Å². The summed E-state index contributed by atoms with van der Waals surface area (Å²) >= 11 is 0. The Morgan fingerprint density at radius 2 is 1.96 bits per heavy atom. The van der Waals surface area contributed by atoms with Gasteiger partial charge in [0.25, 0.3) is 0 Å². The molecular formula is C20H27N5O2. The minimum absolute atomic E-state index is 0.0654. The molecule has 3 heterocycles. The number of carbonyl (C=O) groups excluding carboxylic acids is 2. The average molecular weight is 369 g/mol. The highest BCUT2D eigenvalue weighted by Gasteiger charge is 2.36. The van der Waals surface area contributed by atoms with Gasteiger partial charge >= 0.3 is 0 Å². The molecule has 2 atom stereocenters. The number of carbonyl (C=O) groups is 2. The van der Waals surface area contributed by atoms with Crippen LogP contribution in [0.1, 0.15) is 57.2 Å². The van der Waals surface area contributed by atoms with Crippen LogP contribution in [-0.4, -0.2) is 50.4 Å². The first kappa shape index (κ1) is 17.9. The zero-order valence-electron chi connectivity index (χ0n) is 15.8. The monoisotopic (exact) mass is 369 g/mol. The molecule has 7 nitrogen and oxygen atoms in total. The second-order valence-corrected chi connectivity index (χ2v) is 7.83. The number of amides is 2. The minimum Gasteiger partial charge on any atom is -0.344 e. The first-order valence-corrected chi connectivity index (χ1v) is 9.99. The number of aromatic nitrogens is 3. The van der Waals surface area contributed by atoms with Crippen molar-refractivity contribution in [3.05, 3.63) is 30.2 Å². The maximum absolute atomic E-state index is 13.3. The van der Waals surface area contributed by atoms with Gasteiger partial charge in [-0.05, 0) is 43.7 Å². The van der Waals surface area contributed by atoms with Crippen LogP contribution in [0, 0.1) is 5.92 Å². The Kier molecular flexibility index (Phi) is 5.09. The summed E-state index contributed by atoms with van der Waals surface area (Å²) in [7, 11) is 0. The van der Waals surface area contributed by atoms with Crippen LogP contribution in [0.2, 0.25) is 0 Å². The van der Waals surface area contributed by atoms with Crippen LogP contribution in [0.5, 0.6) is 0 Å². The summed E-state index contributed by atoms with van der Waals surface area (Å²) < 4.78 is 2.01. The highest BCUT2D eigenvalue weighted by Crippen LogP contribution is 2.31. The molecule has 27 heavy (non-hydrogen) atoms. The third-order valence-electron chi connectivity index (χ3n) is 5.93. The largest absolute Gasteiger partial charge is 0.344 e. The summed E-state index contributed by atoms with van der Waals surface area (Å²) in [6.45, 7) is 2.88. The molecule has 0 spiro atoms. The number of hydrogen-bond donors (Lipinski definition) is 1. The first-order valence-electron chi connectivity index (χ1n) is 9.99. The molecule has 0 aromatic carbocycles. The SMILES string of the molecule is CC(=O)NC(C(=O)N1CCCC(c2nnc3ccccn23)C1)C1CCCC1. The van der Waals surface area contributed by atoms with Gasteiger partial charge in [-0.15, -0.1) is 10.2 Å². The van der Waals surface area contributed by atoms with Crippen LogP contribution in [0.25, 0.3) is 5.65 Å². The molecule has 2 aromatic rings. The lowest BCUT2D eigenvalue weighted by atomic mass is 9.93. The summed E-state index contributed by atoms with van der Waals surface area (Å²) in [6.07, 6.45) is 8.23. The lowest BCUT2D eigenvalue weighted by Gasteiger charge is -2.36. The predicted octanol–water partition coefficient (Wildman–Crippen LogP) is 2.13. The fourth-order valence-corrected chi connectivity index (χ4v) is 4.61. The van der Waals surface area contributed by atoms with E-state index in [0.717, 1.165) is 56.5 Å². The third kappa shape index (κ3) is 3.68. The standard InChI is InChI=1S/C20H27N5O2/c1-14(26)21-18(15-7-2-3-8-15)20(27)24-11-6-9-16(13-24)19-23-22-17-10-4-5-12-25(17)19/h4-5,10,12,15-16,18H,2-3,6-9,11,13H2,1H3,(H,21,26). The van der Waals surface area contributed by atoms with E-state index in [1.807, 2.05) is 33.7 Å². The number of hydrogen-bond acceptors (Lipinski definition) is 4. The second kappa shape index (κ2) is 7.66. The molecule has 0 radical (unpaired) electrons. The van der Waals surface area contributed by atoms with E-state index in [2.05, 4.69) is 15.5 Å². The zero-order valence-corrected chi connectivity index (χ0v) is 15.8. The molecule has 2 aliphatic rings. The van der Waals surface area contributed by atoms with Gasteiger partial charge in [-0.2, -0.15) is 0 Å². The number of nitrogens with one attached hydrogen (secondary N) is 1. The molecule has 1 aliphatic carbocycles. The molecule has 2 aromatic heterocycles. The molecule has 1 aliphatic heterocycles. The number of pyridine rings is 1.